The molecular weight excluding hydrogens is 258 g/mol. The zero-order valence-electron chi connectivity index (χ0n) is 8.22. The predicted octanol–water partition coefficient (Wildman–Crippen LogP) is 2.85. The Kier molecular flexibility index (Phi) is 3.01. The second-order valence-corrected chi connectivity index (χ2v) is 3.74. The highest BCUT2D eigenvalue weighted by atomic mass is 79.9. The Labute approximate surface area is 96.1 Å². The molecule has 0 amide bonds. The fourth-order valence-corrected chi connectivity index (χ4v) is 1.59. The van der Waals surface area contributed by atoms with Crippen molar-refractivity contribution in [3.8, 4) is 11.8 Å². The first-order valence-electron chi connectivity index (χ1n) is 4.60. The van der Waals surface area contributed by atoms with Gasteiger partial charge in [0, 0.05) is 18.9 Å². The molecule has 2 rings (SSSR count). The Bertz CT molecular complexity index is 441. The summed E-state index contributed by atoms with van der Waals surface area (Å²) in [5, 5.41) is 0. The van der Waals surface area contributed by atoms with E-state index in [-0.39, 0.29) is 0 Å². The summed E-state index contributed by atoms with van der Waals surface area (Å²) in [6.45, 7) is 2.85. The Hall–Kier alpha value is -1.36. The minimum Gasteiger partial charge on any atom is -0.424 e. The predicted molar refractivity (Wildman–Crippen MR) is 59.9 cm³/mol. The number of hydrogen-bond acceptors (Lipinski definition) is 3. The molecule has 15 heavy (non-hydrogen) atoms. The van der Waals surface area contributed by atoms with E-state index in [1.807, 2.05) is 29.8 Å². The van der Waals surface area contributed by atoms with Gasteiger partial charge in [0.25, 0.3) is 0 Å². The second-order valence-electron chi connectivity index (χ2n) is 2.92. The standard InChI is InChI=1S/C10H10BrN3O/c1-2-14-7-9(11)13-10(14)15-8-4-3-5-12-6-8/h3-7H,2H2,1H3. The molecule has 0 fully saturated rings. The summed E-state index contributed by atoms with van der Waals surface area (Å²) in [6, 6.07) is 4.23. The zero-order chi connectivity index (χ0) is 10.7. The Morgan fingerprint density at radius 2 is 2.40 bits per heavy atom. The number of aromatic nitrogens is 3. The molecule has 0 aliphatic heterocycles. The molecule has 0 radical (unpaired) electrons. The van der Waals surface area contributed by atoms with Gasteiger partial charge in [-0.05, 0) is 35.0 Å². The molecule has 78 valence electrons. The van der Waals surface area contributed by atoms with E-state index in [4.69, 9.17) is 4.74 Å². The van der Waals surface area contributed by atoms with Crippen molar-refractivity contribution in [3.63, 3.8) is 0 Å². The van der Waals surface area contributed by atoms with Crippen LogP contribution >= 0.6 is 15.9 Å². The summed E-state index contributed by atoms with van der Waals surface area (Å²) in [6.07, 6.45) is 5.24. The van der Waals surface area contributed by atoms with Crippen molar-refractivity contribution in [2.45, 2.75) is 13.5 Å². The van der Waals surface area contributed by atoms with Crippen molar-refractivity contribution in [1.29, 1.82) is 0 Å². The molecule has 5 heteroatoms. The van der Waals surface area contributed by atoms with E-state index in [1.165, 1.54) is 0 Å². The largest absolute Gasteiger partial charge is 0.424 e. The second kappa shape index (κ2) is 4.44. The van der Waals surface area contributed by atoms with Crippen LogP contribution in [-0.4, -0.2) is 14.5 Å². The molecule has 0 atom stereocenters. The Morgan fingerprint density at radius 3 is 3.07 bits per heavy atom. The summed E-state index contributed by atoms with van der Waals surface area (Å²) < 4.78 is 8.26. The number of rotatable bonds is 3. The van der Waals surface area contributed by atoms with Crippen molar-refractivity contribution in [3.05, 3.63) is 35.3 Å². The topological polar surface area (TPSA) is 39.9 Å². The van der Waals surface area contributed by atoms with Gasteiger partial charge in [0.15, 0.2) is 0 Å². The van der Waals surface area contributed by atoms with E-state index < -0.39 is 0 Å². The lowest BCUT2D eigenvalue weighted by Gasteiger charge is -2.05. The molecule has 0 aromatic carbocycles. The van der Waals surface area contributed by atoms with Crippen LogP contribution in [0.15, 0.2) is 35.3 Å². The summed E-state index contributed by atoms with van der Waals surface area (Å²) in [4.78, 5) is 8.18. The minimum atomic E-state index is 0.567. The zero-order valence-corrected chi connectivity index (χ0v) is 9.81. The Balaban J connectivity index is 2.24. The highest BCUT2D eigenvalue weighted by molar-refractivity contribution is 9.10. The molecule has 2 heterocycles. The molecule has 0 N–H and O–H groups in total. The molecular formula is C10H10BrN3O. The average Bonchev–Trinajstić information content (AvgIpc) is 2.60. The first-order chi connectivity index (χ1) is 7.29. The SMILES string of the molecule is CCn1cc(Br)nc1Oc1cccnc1. The summed E-state index contributed by atoms with van der Waals surface area (Å²) in [5.74, 6) is 0.685. The molecule has 0 saturated heterocycles. The van der Waals surface area contributed by atoms with E-state index in [1.54, 1.807) is 12.4 Å². The fraction of sp³-hybridized carbons (Fsp3) is 0.200. The van der Waals surface area contributed by atoms with Gasteiger partial charge in [-0.2, -0.15) is 4.98 Å². The van der Waals surface area contributed by atoms with Gasteiger partial charge >= 0.3 is 6.01 Å². The molecule has 0 aliphatic carbocycles. The van der Waals surface area contributed by atoms with Crippen LogP contribution in [0.1, 0.15) is 6.92 Å². The van der Waals surface area contributed by atoms with Crippen LogP contribution in [0.2, 0.25) is 0 Å². The molecule has 0 saturated carbocycles. The quantitative estimate of drug-likeness (QED) is 0.859. The van der Waals surface area contributed by atoms with E-state index in [2.05, 4.69) is 25.9 Å². The van der Waals surface area contributed by atoms with Crippen LogP contribution in [0.25, 0.3) is 0 Å². The molecule has 0 spiro atoms. The van der Waals surface area contributed by atoms with Crippen molar-refractivity contribution in [2.24, 2.45) is 0 Å². The maximum Gasteiger partial charge on any atom is 0.303 e. The van der Waals surface area contributed by atoms with E-state index in [0.29, 0.717) is 11.8 Å². The van der Waals surface area contributed by atoms with Gasteiger partial charge in [-0.1, -0.05) is 0 Å². The lowest BCUT2D eigenvalue weighted by molar-refractivity contribution is 0.413. The number of halogens is 1. The highest BCUT2D eigenvalue weighted by Gasteiger charge is 2.06. The van der Waals surface area contributed by atoms with Gasteiger partial charge in [-0.25, -0.2) is 0 Å². The van der Waals surface area contributed by atoms with Crippen molar-refractivity contribution < 1.29 is 4.74 Å². The number of nitrogens with zero attached hydrogens (tertiary/aromatic N) is 3. The van der Waals surface area contributed by atoms with Gasteiger partial charge in [0.1, 0.15) is 10.4 Å². The third kappa shape index (κ3) is 2.36. The number of hydrogen-bond donors (Lipinski definition) is 0. The van der Waals surface area contributed by atoms with E-state index in [0.717, 1.165) is 11.1 Å². The van der Waals surface area contributed by atoms with Crippen LogP contribution in [0.5, 0.6) is 11.8 Å². The van der Waals surface area contributed by atoms with Crippen LogP contribution in [0, 0.1) is 0 Å². The normalized spacial score (nSPS) is 10.3. The molecule has 2 aromatic rings. The molecule has 4 nitrogen and oxygen atoms in total. The summed E-state index contributed by atoms with van der Waals surface area (Å²) >= 11 is 3.31. The third-order valence-corrected chi connectivity index (χ3v) is 2.28. The molecule has 0 bridgehead atoms. The maximum atomic E-state index is 5.58. The van der Waals surface area contributed by atoms with Gasteiger partial charge < -0.3 is 4.74 Å². The first kappa shape index (κ1) is 10.2. The Morgan fingerprint density at radius 1 is 1.53 bits per heavy atom. The van der Waals surface area contributed by atoms with Gasteiger partial charge in [-0.15, -0.1) is 0 Å². The monoisotopic (exact) mass is 267 g/mol. The highest BCUT2D eigenvalue weighted by Crippen LogP contribution is 2.21. The van der Waals surface area contributed by atoms with Gasteiger partial charge in [0.2, 0.25) is 0 Å². The third-order valence-electron chi connectivity index (χ3n) is 1.89. The van der Waals surface area contributed by atoms with Gasteiger partial charge in [-0.3, -0.25) is 9.55 Å². The van der Waals surface area contributed by atoms with E-state index >= 15 is 0 Å². The van der Waals surface area contributed by atoms with Crippen molar-refractivity contribution in [1.82, 2.24) is 14.5 Å². The number of imidazole rings is 1. The molecule has 2 aromatic heterocycles. The number of ether oxygens (including phenoxy) is 1. The summed E-state index contributed by atoms with van der Waals surface area (Å²) in [5.41, 5.74) is 0. The fourth-order valence-electron chi connectivity index (χ4n) is 1.19. The average molecular weight is 268 g/mol. The van der Waals surface area contributed by atoms with Crippen molar-refractivity contribution in [2.75, 3.05) is 0 Å². The molecule has 0 aliphatic rings. The van der Waals surface area contributed by atoms with Gasteiger partial charge in [0.05, 0.1) is 6.20 Å². The molecule has 0 unspecified atom stereocenters. The van der Waals surface area contributed by atoms with E-state index in [9.17, 15) is 0 Å². The lowest BCUT2D eigenvalue weighted by atomic mass is 10.5. The van der Waals surface area contributed by atoms with Crippen LogP contribution in [0.3, 0.4) is 0 Å². The first-order valence-corrected chi connectivity index (χ1v) is 5.39. The summed E-state index contributed by atoms with van der Waals surface area (Å²) in [7, 11) is 0. The van der Waals surface area contributed by atoms with Crippen molar-refractivity contribution >= 4 is 15.9 Å². The van der Waals surface area contributed by atoms with Crippen LogP contribution in [-0.2, 0) is 6.54 Å². The smallest absolute Gasteiger partial charge is 0.303 e. The maximum absolute atomic E-state index is 5.58. The number of aryl methyl sites for hydroxylation is 1. The minimum absolute atomic E-state index is 0.567. The van der Waals surface area contributed by atoms with Crippen LogP contribution in [0.4, 0.5) is 0 Å². The number of pyridine rings is 1. The lowest BCUT2D eigenvalue weighted by Crippen LogP contribution is -1.97. The van der Waals surface area contributed by atoms with Crippen LogP contribution < -0.4 is 4.74 Å².